The zero-order chi connectivity index (χ0) is 19.6. The van der Waals surface area contributed by atoms with Gasteiger partial charge in [-0.05, 0) is 50.2 Å². The lowest BCUT2D eigenvalue weighted by molar-refractivity contribution is -0.146. The van der Waals surface area contributed by atoms with Crippen molar-refractivity contribution < 1.29 is 27.9 Å². The Morgan fingerprint density at radius 3 is 2.33 bits per heavy atom. The van der Waals surface area contributed by atoms with Crippen molar-refractivity contribution in [3.05, 3.63) is 35.4 Å². The molecule has 1 aromatic carbocycles. The Labute approximate surface area is 156 Å². The van der Waals surface area contributed by atoms with Crippen molar-refractivity contribution in [3.63, 3.8) is 0 Å². The van der Waals surface area contributed by atoms with Crippen molar-refractivity contribution in [1.82, 2.24) is 4.90 Å². The lowest BCUT2D eigenvalue weighted by Gasteiger charge is -2.36. The highest BCUT2D eigenvalue weighted by Gasteiger charge is 2.35. The zero-order valence-electron chi connectivity index (χ0n) is 15.0. The van der Waals surface area contributed by atoms with Crippen LogP contribution in [-0.2, 0) is 15.8 Å². The fourth-order valence-corrected chi connectivity index (χ4v) is 4.26. The molecule has 1 unspecified atom stereocenters. The monoisotopic (exact) mass is 383 g/mol. The van der Waals surface area contributed by atoms with Gasteiger partial charge in [0.25, 0.3) is 0 Å². The Kier molecular flexibility index (Phi) is 5.77. The molecule has 4 nitrogen and oxygen atoms in total. The summed E-state index contributed by atoms with van der Waals surface area (Å²) in [5, 5.41) is 9.08. The smallest absolute Gasteiger partial charge is 0.416 e. The molecule has 0 radical (unpaired) electrons. The molecule has 1 amide bonds. The summed E-state index contributed by atoms with van der Waals surface area (Å²) in [6.07, 6.45) is -0.689. The van der Waals surface area contributed by atoms with Gasteiger partial charge in [0.15, 0.2) is 0 Å². The second kappa shape index (κ2) is 7.90. The summed E-state index contributed by atoms with van der Waals surface area (Å²) in [5.41, 5.74) is -0.0349. The summed E-state index contributed by atoms with van der Waals surface area (Å²) in [7, 11) is 0. The third-order valence-electron chi connectivity index (χ3n) is 5.84. The Bertz CT molecular complexity index is 696. The number of piperidine rings is 1. The Morgan fingerprint density at radius 2 is 1.70 bits per heavy atom. The van der Waals surface area contributed by atoms with Gasteiger partial charge < -0.3 is 10.0 Å². The molecular weight excluding hydrogens is 359 g/mol. The third-order valence-corrected chi connectivity index (χ3v) is 5.84. The number of rotatable bonds is 3. The van der Waals surface area contributed by atoms with Gasteiger partial charge in [-0.25, -0.2) is 0 Å². The number of nitrogens with zero attached hydrogens (tertiary/aromatic N) is 1. The number of alkyl halides is 3. The molecule has 1 saturated heterocycles. The van der Waals surface area contributed by atoms with Gasteiger partial charge in [-0.1, -0.05) is 18.2 Å². The van der Waals surface area contributed by atoms with Crippen molar-refractivity contribution in [1.29, 1.82) is 0 Å². The minimum Gasteiger partial charge on any atom is -0.481 e. The van der Waals surface area contributed by atoms with E-state index in [-0.39, 0.29) is 23.7 Å². The van der Waals surface area contributed by atoms with Crippen LogP contribution in [0.1, 0.15) is 55.6 Å². The van der Waals surface area contributed by atoms with Gasteiger partial charge in [-0.2, -0.15) is 13.2 Å². The van der Waals surface area contributed by atoms with E-state index < -0.39 is 17.7 Å². The van der Waals surface area contributed by atoms with Crippen molar-refractivity contribution in [2.24, 2.45) is 11.8 Å². The number of hydrogen-bond donors (Lipinski definition) is 1. The lowest BCUT2D eigenvalue weighted by atomic mass is 9.80. The van der Waals surface area contributed by atoms with Crippen molar-refractivity contribution in [3.8, 4) is 0 Å². The molecule has 3 rings (SSSR count). The standard InChI is InChI=1S/C20H24F3NO3/c21-20(22,23)17-5-1-3-15(11-17)16-4-2-10-24(12-16)18(25)13-6-8-14(9-7-13)19(26)27/h1,3,5,11,13-14,16H,2,4,6-10,12H2,(H,26,27). The van der Waals surface area contributed by atoms with Crippen LogP contribution in [0.25, 0.3) is 0 Å². The highest BCUT2D eigenvalue weighted by Crippen LogP contribution is 2.35. The Hall–Kier alpha value is -2.05. The van der Waals surface area contributed by atoms with Gasteiger partial charge in [0, 0.05) is 24.9 Å². The number of benzene rings is 1. The molecule has 1 aliphatic heterocycles. The highest BCUT2D eigenvalue weighted by molar-refractivity contribution is 5.79. The minimum absolute atomic E-state index is 0.0236. The molecule has 1 N–H and O–H groups in total. The van der Waals surface area contributed by atoms with E-state index in [2.05, 4.69) is 0 Å². The van der Waals surface area contributed by atoms with Crippen LogP contribution < -0.4 is 0 Å². The highest BCUT2D eigenvalue weighted by atomic mass is 19.4. The first-order chi connectivity index (χ1) is 12.8. The third kappa shape index (κ3) is 4.62. The van der Waals surface area contributed by atoms with Crippen molar-refractivity contribution in [2.75, 3.05) is 13.1 Å². The van der Waals surface area contributed by atoms with E-state index in [0.29, 0.717) is 44.3 Å². The van der Waals surface area contributed by atoms with E-state index in [9.17, 15) is 22.8 Å². The van der Waals surface area contributed by atoms with Gasteiger partial charge >= 0.3 is 12.1 Å². The van der Waals surface area contributed by atoms with Gasteiger partial charge in [-0.15, -0.1) is 0 Å². The topological polar surface area (TPSA) is 57.6 Å². The number of hydrogen-bond acceptors (Lipinski definition) is 2. The number of carbonyl (C=O) groups is 2. The van der Waals surface area contributed by atoms with Crippen molar-refractivity contribution in [2.45, 2.75) is 50.6 Å². The molecule has 1 aromatic rings. The summed E-state index contributed by atoms with van der Waals surface area (Å²) in [6, 6.07) is 5.38. The maximum Gasteiger partial charge on any atom is 0.416 e. The van der Waals surface area contributed by atoms with E-state index in [1.165, 1.54) is 12.1 Å². The second-order valence-corrected chi connectivity index (χ2v) is 7.63. The first-order valence-corrected chi connectivity index (χ1v) is 9.44. The first-order valence-electron chi connectivity index (χ1n) is 9.44. The number of likely N-dealkylation sites (tertiary alicyclic amines) is 1. The van der Waals surface area contributed by atoms with E-state index in [0.717, 1.165) is 18.9 Å². The molecule has 2 fully saturated rings. The molecule has 1 aliphatic carbocycles. The predicted molar refractivity (Wildman–Crippen MR) is 93.1 cm³/mol. The normalized spacial score (nSPS) is 26.6. The zero-order valence-corrected chi connectivity index (χ0v) is 15.0. The average Bonchev–Trinajstić information content (AvgIpc) is 2.67. The molecule has 1 atom stereocenters. The van der Waals surface area contributed by atoms with Gasteiger partial charge in [-0.3, -0.25) is 9.59 Å². The molecule has 7 heteroatoms. The average molecular weight is 383 g/mol. The van der Waals surface area contributed by atoms with Gasteiger partial charge in [0.05, 0.1) is 11.5 Å². The van der Waals surface area contributed by atoms with Crippen LogP contribution >= 0.6 is 0 Å². The number of amides is 1. The molecule has 148 valence electrons. The largest absolute Gasteiger partial charge is 0.481 e. The molecule has 0 bridgehead atoms. The van der Waals surface area contributed by atoms with E-state index in [1.54, 1.807) is 11.0 Å². The summed E-state index contributed by atoms with van der Waals surface area (Å²) in [6.45, 7) is 1.05. The fraction of sp³-hybridized carbons (Fsp3) is 0.600. The summed E-state index contributed by atoms with van der Waals surface area (Å²) >= 11 is 0. The van der Waals surface area contributed by atoms with Crippen molar-refractivity contribution >= 4 is 11.9 Å². The molecule has 0 spiro atoms. The van der Waals surface area contributed by atoms with Crippen LogP contribution in [0, 0.1) is 11.8 Å². The van der Waals surface area contributed by atoms with E-state index in [1.807, 2.05) is 0 Å². The number of aliphatic carboxylic acids is 1. The Morgan fingerprint density at radius 1 is 1.04 bits per heavy atom. The number of carboxylic acids is 1. The van der Waals surface area contributed by atoms with Crippen LogP contribution in [-0.4, -0.2) is 35.0 Å². The van der Waals surface area contributed by atoms with E-state index >= 15 is 0 Å². The van der Waals surface area contributed by atoms with Gasteiger partial charge in [0.1, 0.15) is 0 Å². The summed E-state index contributed by atoms with van der Waals surface area (Å²) in [4.78, 5) is 25.7. The summed E-state index contributed by atoms with van der Waals surface area (Å²) in [5.74, 6) is -1.41. The van der Waals surface area contributed by atoms with Gasteiger partial charge in [0.2, 0.25) is 5.91 Å². The molecule has 0 aromatic heterocycles. The fourth-order valence-electron chi connectivity index (χ4n) is 4.26. The maximum atomic E-state index is 13.0. The van der Waals surface area contributed by atoms with Crippen LogP contribution in [0.15, 0.2) is 24.3 Å². The minimum atomic E-state index is -4.37. The van der Waals surface area contributed by atoms with Crippen LogP contribution in [0.4, 0.5) is 13.2 Å². The molecule has 1 heterocycles. The second-order valence-electron chi connectivity index (χ2n) is 7.63. The maximum absolute atomic E-state index is 13.0. The molecule has 1 saturated carbocycles. The van der Waals surface area contributed by atoms with Crippen LogP contribution in [0.5, 0.6) is 0 Å². The predicted octanol–water partition coefficient (Wildman–Crippen LogP) is 4.30. The molecular formula is C20H24F3NO3. The molecule has 27 heavy (non-hydrogen) atoms. The quantitative estimate of drug-likeness (QED) is 0.847. The SMILES string of the molecule is O=C(O)C1CCC(C(=O)N2CCCC(c3cccc(C(F)(F)F)c3)C2)CC1. The number of carboxylic acid groups (broad SMARTS) is 1. The lowest BCUT2D eigenvalue weighted by Crippen LogP contribution is -2.43. The number of halogens is 3. The summed E-state index contributed by atoms with van der Waals surface area (Å²) < 4.78 is 38.9. The Balaban J connectivity index is 1.64. The van der Waals surface area contributed by atoms with Crippen LogP contribution in [0.2, 0.25) is 0 Å². The first kappa shape index (κ1) is 19.7. The molecule has 2 aliphatic rings. The van der Waals surface area contributed by atoms with E-state index in [4.69, 9.17) is 5.11 Å². The van der Waals surface area contributed by atoms with Crippen LogP contribution in [0.3, 0.4) is 0 Å². The number of carbonyl (C=O) groups excluding carboxylic acids is 1.